The molecular weight excluding hydrogens is 210 g/mol. The minimum absolute atomic E-state index is 0.0163. The fraction of sp³-hybridized carbons (Fsp3) is 0.800. The summed E-state index contributed by atoms with van der Waals surface area (Å²) >= 11 is 0. The first-order chi connectivity index (χ1) is 7.91. The number of methoxy groups -OCH3 is 1. The first-order valence-corrected chi connectivity index (χ1v) is 6.71. The molecule has 0 amide bonds. The topological polar surface area (TPSA) is 21.6 Å². The summed E-state index contributed by atoms with van der Waals surface area (Å²) < 4.78 is 5.24. The normalized spacial score (nSPS) is 11.9. The van der Waals surface area contributed by atoms with E-state index < -0.39 is 0 Å². The van der Waals surface area contributed by atoms with E-state index in [-0.39, 0.29) is 5.41 Å². The molecule has 104 valence electrons. The molecule has 0 atom stereocenters. The summed E-state index contributed by atoms with van der Waals surface area (Å²) in [5, 5.41) is 0. The van der Waals surface area contributed by atoms with Gasteiger partial charge in [0, 0.05) is 11.1 Å². The number of hydrogen-bond donors (Lipinski definition) is 0. The maximum atomic E-state index is 5.24. The van der Waals surface area contributed by atoms with E-state index in [1.807, 2.05) is 34.6 Å². The van der Waals surface area contributed by atoms with Crippen LogP contribution in [-0.4, -0.2) is 13.0 Å². The second-order valence-electron chi connectivity index (χ2n) is 4.12. The molecule has 17 heavy (non-hydrogen) atoms. The first-order valence-electron chi connectivity index (χ1n) is 6.71. The Labute approximate surface area is 109 Å². The van der Waals surface area contributed by atoms with Gasteiger partial charge in [-0.05, 0) is 13.3 Å². The molecule has 2 heteroatoms. The van der Waals surface area contributed by atoms with Crippen molar-refractivity contribution in [2.45, 2.75) is 68.7 Å². The number of ether oxygens (including phenoxy) is 1. The Kier molecular flexibility index (Phi) is 16.8. The molecule has 0 saturated heterocycles. The van der Waals surface area contributed by atoms with E-state index in [1.54, 1.807) is 7.11 Å². The third-order valence-electron chi connectivity index (χ3n) is 1.61. The third kappa shape index (κ3) is 13.1. The zero-order chi connectivity index (χ0) is 14.5. The summed E-state index contributed by atoms with van der Waals surface area (Å²) in [4.78, 5) is 4.41. The van der Waals surface area contributed by atoms with Crippen molar-refractivity contribution in [3.05, 3.63) is 11.8 Å². The summed E-state index contributed by atoms with van der Waals surface area (Å²) in [7, 11) is 1.67. The molecule has 0 aliphatic heterocycles. The van der Waals surface area contributed by atoms with Crippen molar-refractivity contribution in [2.75, 3.05) is 7.11 Å². The van der Waals surface area contributed by atoms with Gasteiger partial charge in [0.1, 0.15) is 0 Å². The fourth-order valence-corrected chi connectivity index (χ4v) is 1.02. The molecule has 0 aliphatic rings. The summed E-state index contributed by atoms with van der Waals surface area (Å²) in [5.41, 5.74) is 1.01. The SMILES string of the molecule is CC.CC.CC/C=C(/C)N=C(OC)C(C)(C)C. The Hall–Kier alpha value is -0.790. The predicted octanol–water partition coefficient (Wildman–Crippen LogP) is 5.44. The average Bonchev–Trinajstić information content (AvgIpc) is 2.30. The third-order valence-corrected chi connectivity index (χ3v) is 1.61. The Bertz CT molecular complexity index is 209. The number of rotatable bonds is 2. The van der Waals surface area contributed by atoms with Crippen LogP contribution in [0.1, 0.15) is 68.7 Å². The van der Waals surface area contributed by atoms with Crippen molar-refractivity contribution in [2.24, 2.45) is 10.4 Å². The van der Waals surface area contributed by atoms with Crippen molar-refractivity contribution in [1.29, 1.82) is 0 Å². The smallest absolute Gasteiger partial charge is 0.193 e. The van der Waals surface area contributed by atoms with Gasteiger partial charge in [-0.15, -0.1) is 0 Å². The lowest BCUT2D eigenvalue weighted by atomic mass is 9.96. The molecule has 0 aromatic heterocycles. The Morgan fingerprint density at radius 3 is 1.76 bits per heavy atom. The molecule has 0 radical (unpaired) electrons. The highest BCUT2D eigenvalue weighted by molar-refractivity contribution is 5.82. The number of nitrogens with zero attached hydrogens (tertiary/aromatic N) is 1. The summed E-state index contributed by atoms with van der Waals surface area (Å²) in [6, 6.07) is 0. The lowest BCUT2D eigenvalue weighted by molar-refractivity contribution is 0.336. The van der Waals surface area contributed by atoms with E-state index in [2.05, 4.69) is 38.8 Å². The predicted molar refractivity (Wildman–Crippen MR) is 80.6 cm³/mol. The standard InChI is InChI=1S/C11H21NO.2C2H6/c1-7-8-9(2)12-10(13-6)11(3,4)5;2*1-2/h8H,7H2,1-6H3;2*1-2H3/b9-8-,12-10?;;. The van der Waals surface area contributed by atoms with E-state index in [9.17, 15) is 0 Å². The number of aliphatic imine (C=N–C) groups is 1. The minimum atomic E-state index is -0.0163. The Morgan fingerprint density at radius 1 is 1.12 bits per heavy atom. The van der Waals surface area contributed by atoms with E-state index >= 15 is 0 Å². The lowest BCUT2D eigenvalue weighted by Gasteiger charge is -2.19. The second kappa shape index (κ2) is 13.3. The highest BCUT2D eigenvalue weighted by Crippen LogP contribution is 2.18. The van der Waals surface area contributed by atoms with Gasteiger partial charge in [-0.3, -0.25) is 0 Å². The zero-order valence-corrected chi connectivity index (χ0v) is 13.6. The van der Waals surface area contributed by atoms with Gasteiger partial charge in [-0.2, -0.15) is 0 Å². The zero-order valence-electron chi connectivity index (χ0n) is 13.6. The van der Waals surface area contributed by atoms with Gasteiger partial charge in [-0.25, -0.2) is 4.99 Å². The molecule has 0 spiro atoms. The molecular formula is C15H33NO. The molecule has 0 aliphatic carbocycles. The average molecular weight is 243 g/mol. The summed E-state index contributed by atoms with van der Waals surface area (Å²) in [5.74, 6) is 0.787. The van der Waals surface area contributed by atoms with Crippen LogP contribution in [-0.2, 0) is 4.74 Å². The van der Waals surface area contributed by atoms with Gasteiger partial charge < -0.3 is 4.74 Å². The fourth-order valence-electron chi connectivity index (χ4n) is 1.02. The van der Waals surface area contributed by atoms with Crippen LogP contribution >= 0.6 is 0 Å². The van der Waals surface area contributed by atoms with Crippen LogP contribution in [0.2, 0.25) is 0 Å². The van der Waals surface area contributed by atoms with Gasteiger partial charge in [0.05, 0.1) is 7.11 Å². The van der Waals surface area contributed by atoms with Gasteiger partial charge in [0.25, 0.3) is 0 Å². The first kappa shape index (κ1) is 21.5. The maximum absolute atomic E-state index is 5.24. The lowest BCUT2D eigenvalue weighted by Crippen LogP contribution is -2.22. The highest BCUT2D eigenvalue weighted by Gasteiger charge is 2.19. The molecule has 0 heterocycles. The van der Waals surface area contributed by atoms with Crippen molar-refractivity contribution in [3.63, 3.8) is 0 Å². The monoisotopic (exact) mass is 243 g/mol. The van der Waals surface area contributed by atoms with E-state index in [1.165, 1.54) is 0 Å². The molecule has 0 unspecified atom stereocenters. The summed E-state index contributed by atoms with van der Waals surface area (Å²) in [6.07, 6.45) is 3.10. The Morgan fingerprint density at radius 2 is 1.53 bits per heavy atom. The van der Waals surface area contributed by atoms with Crippen LogP contribution in [0.5, 0.6) is 0 Å². The van der Waals surface area contributed by atoms with Gasteiger partial charge in [-0.1, -0.05) is 61.5 Å². The molecule has 2 nitrogen and oxygen atoms in total. The molecule has 0 bridgehead atoms. The molecule has 0 aromatic carbocycles. The van der Waals surface area contributed by atoms with Crippen LogP contribution in [0, 0.1) is 5.41 Å². The van der Waals surface area contributed by atoms with Crippen molar-refractivity contribution in [3.8, 4) is 0 Å². The quantitative estimate of drug-likeness (QED) is 0.467. The maximum Gasteiger partial charge on any atom is 0.193 e. The van der Waals surface area contributed by atoms with Gasteiger partial charge in [0.2, 0.25) is 0 Å². The number of hydrogen-bond acceptors (Lipinski definition) is 2. The van der Waals surface area contributed by atoms with Crippen molar-refractivity contribution in [1.82, 2.24) is 0 Å². The highest BCUT2D eigenvalue weighted by atomic mass is 16.5. The Balaban J connectivity index is -0.000000439. The molecule has 0 fully saturated rings. The van der Waals surface area contributed by atoms with E-state index in [4.69, 9.17) is 4.74 Å². The minimum Gasteiger partial charge on any atom is -0.484 e. The van der Waals surface area contributed by atoms with Crippen LogP contribution in [0.4, 0.5) is 0 Å². The van der Waals surface area contributed by atoms with E-state index in [0.717, 1.165) is 18.0 Å². The molecule has 0 aromatic rings. The van der Waals surface area contributed by atoms with Crippen LogP contribution in [0.3, 0.4) is 0 Å². The number of allylic oxidation sites excluding steroid dienone is 2. The molecule has 0 saturated carbocycles. The summed E-state index contributed by atoms with van der Waals surface area (Å²) in [6.45, 7) is 18.4. The van der Waals surface area contributed by atoms with Crippen LogP contribution in [0.15, 0.2) is 16.8 Å². The van der Waals surface area contributed by atoms with Gasteiger partial charge >= 0.3 is 0 Å². The van der Waals surface area contributed by atoms with Crippen LogP contribution in [0.25, 0.3) is 0 Å². The van der Waals surface area contributed by atoms with Crippen molar-refractivity contribution < 1.29 is 4.74 Å². The van der Waals surface area contributed by atoms with Gasteiger partial charge in [0.15, 0.2) is 5.90 Å². The second-order valence-corrected chi connectivity index (χ2v) is 4.12. The van der Waals surface area contributed by atoms with Crippen LogP contribution < -0.4 is 0 Å². The largest absolute Gasteiger partial charge is 0.484 e. The van der Waals surface area contributed by atoms with E-state index in [0.29, 0.717) is 0 Å². The van der Waals surface area contributed by atoms with Crippen molar-refractivity contribution >= 4 is 5.90 Å². The molecule has 0 N–H and O–H groups in total. The molecule has 0 rings (SSSR count).